The Bertz CT molecular complexity index is 1100. The van der Waals surface area contributed by atoms with E-state index in [0.29, 0.717) is 17.0 Å². The van der Waals surface area contributed by atoms with Crippen molar-refractivity contribution in [2.24, 2.45) is 10.2 Å². The van der Waals surface area contributed by atoms with Crippen LogP contribution in [0.5, 0.6) is 5.75 Å². The molecule has 0 radical (unpaired) electrons. The summed E-state index contributed by atoms with van der Waals surface area (Å²) in [7, 11) is 0. The Labute approximate surface area is 149 Å². The highest BCUT2D eigenvalue weighted by atomic mass is 16.3. The minimum Gasteiger partial charge on any atom is -0.508 e. The lowest BCUT2D eigenvalue weighted by molar-refractivity contribution is 0.475. The summed E-state index contributed by atoms with van der Waals surface area (Å²) in [4.78, 5) is 4.36. The topological polar surface area (TPSA) is 101 Å². The molecular weight excluding hydrogens is 328 g/mol. The van der Waals surface area contributed by atoms with Crippen molar-refractivity contribution >= 4 is 22.8 Å². The molecule has 0 aliphatic carbocycles. The number of hydrogen-bond donors (Lipinski definition) is 2. The number of rotatable bonds is 3. The highest BCUT2D eigenvalue weighted by molar-refractivity contribution is 5.78. The van der Waals surface area contributed by atoms with E-state index in [2.05, 4.69) is 20.3 Å². The average Bonchev–Trinajstić information content (AvgIpc) is 2.97. The molecule has 0 atom stereocenters. The summed E-state index contributed by atoms with van der Waals surface area (Å²) >= 11 is 0. The normalized spacial score (nSPS) is 11.4. The van der Waals surface area contributed by atoms with Gasteiger partial charge in [0.25, 0.3) is 0 Å². The monoisotopic (exact) mass is 344 g/mol. The Balaban J connectivity index is 1.79. The first-order valence-corrected chi connectivity index (χ1v) is 8.03. The first-order valence-electron chi connectivity index (χ1n) is 8.03. The number of nitrogens with zero attached hydrogens (tertiary/aromatic N) is 5. The van der Waals surface area contributed by atoms with Gasteiger partial charge in [0, 0.05) is 11.8 Å². The van der Waals surface area contributed by atoms with Gasteiger partial charge in [-0.3, -0.25) is 0 Å². The number of phenolic OH excluding ortho intramolecular Hbond substituents is 1. The van der Waals surface area contributed by atoms with Gasteiger partial charge in [0.15, 0.2) is 17.2 Å². The third-order valence-corrected chi connectivity index (χ3v) is 3.98. The van der Waals surface area contributed by atoms with Crippen LogP contribution in [0.15, 0.2) is 71.0 Å². The molecule has 26 heavy (non-hydrogen) atoms. The maximum atomic E-state index is 9.33. The number of nitrogen functional groups attached to an aromatic ring is 1. The molecule has 7 heteroatoms. The smallest absolute Gasteiger partial charge is 0.185 e. The molecule has 0 aliphatic rings. The lowest BCUT2D eigenvalue weighted by Crippen LogP contribution is -1.96. The highest BCUT2D eigenvalue weighted by Gasteiger charge is 2.14. The number of anilines is 1. The van der Waals surface area contributed by atoms with Crippen molar-refractivity contribution in [3.63, 3.8) is 0 Å². The van der Waals surface area contributed by atoms with Crippen molar-refractivity contribution in [3.8, 4) is 17.0 Å². The van der Waals surface area contributed by atoms with Crippen molar-refractivity contribution in [2.45, 2.75) is 6.92 Å². The Morgan fingerprint density at radius 2 is 1.69 bits per heavy atom. The second-order valence-electron chi connectivity index (χ2n) is 5.88. The molecule has 0 fully saturated rings. The van der Waals surface area contributed by atoms with Crippen molar-refractivity contribution < 1.29 is 5.11 Å². The standard InChI is InChI=1S/C19H16N6O/c1-12-2-4-13(5-3-12)16-10-11-21-19-17(18(20)24-25(16)19)23-22-14-6-8-15(26)9-7-14/h2-11,26H,1H3,(H2,20,24). The minimum atomic E-state index is 0.170. The number of benzene rings is 2. The van der Waals surface area contributed by atoms with Crippen molar-refractivity contribution in [3.05, 3.63) is 66.4 Å². The maximum absolute atomic E-state index is 9.33. The van der Waals surface area contributed by atoms with Crippen LogP contribution in [-0.4, -0.2) is 19.7 Å². The second kappa shape index (κ2) is 6.29. The number of aromatic nitrogens is 3. The van der Waals surface area contributed by atoms with Gasteiger partial charge in [0.1, 0.15) is 5.75 Å². The first kappa shape index (κ1) is 15.8. The zero-order chi connectivity index (χ0) is 18.1. The lowest BCUT2D eigenvalue weighted by Gasteiger charge is -2.04. The van der Waals surface area contributed by atoms with E-state index in [9.17, 15) is 5.11 Å². The number of phenols is 1. The van der Waals surface area contributed by atoms with Gasteiger partial charge in [-0.25, -0.2) is 9.50 Å². The van der Waals surface area contributed by atoms with E-state index in [4.69, 9.17) is 5.73 Å². The molecular formula is C19H16N6O. The van der Waals surface area contributed by atoms with E-state index >= 15 is 0 Å². The van der Waals surface area contributed by atoms with Crippen LogP contribution in [0.3, 0.4) is 0 Å². The molecule has 3 N–H and O–H groups in total. The van der Waals surface area contributed by atoms with Gasteiger partial charge >= 0.3 is 0 Å². The summed E-state index contributed by atoms with van der Waals surface area (Å²) in [6.45, 7) is 2.04. The molecule has 4 rings (SSSR count). The molecule has 0 spiro atoms. The van der Waals surface area contributed by atoms with Crippen molar-refractivity contribution in [2.75, 3.05) is 5.73 Å². The van der Waals surface area contributed by atoms with E-state index in [1.807, 2.05) is 37.3 Å². The summed E-state index contributed by atoms with van der Waals surface area (Å²) in [5, 5.41) is 22.1. The van der Waals surface area contributed by atoms with Crippen LogP contribution in [0.2, 0.25) is 0 Å². The summed E-state index contributed by atoms with van der Waals surface area (Å²) in [5.74, 6) is 0.420. The third kappa shape index (κ3) is 2.86. The molecule has 0 unspecified atom stereocenters. The molecule has 2 aromatic carbocycles. The van der Waals surface area contributed by atoms with E-state index in [1.165, 1.54) is 5.56 Å². The molecule has 0 aliphatic heterocycles. The highest BCUT2D eigenvalue weighted by Crippen LogP contribution is 2.31. The number of fused-ring (bicyclic) bond motifs is 1. The Kier molecular flexibility index (Phi) is 3.81. The van der Waals surface area contributed by atoms with E-state index in [0.717, 1.165) is 11.3 Å². The molecule has 0 bridgehead atoms. The van der Waals surface area contributed by atoms with Crippen LogP contribution in [-0.2, 0) is 0 Å². The number of nitrogens with two attached hydrogens (primary N) is 1. The van der Waals surface area contributed by atoms with Gasteiger partial charge in [-0.2, -0.15) is 5.11 Å². The summed E-state index contributed by atoms with van der Waals surface area (Å²) < 4.78 is 1.67. The van der Waals surface area contributed by atoms with E-state index in [1.54, 1.807) is 35.0 Å². The molecule has 0 saturated carbocycles. The molecule has 128 valence electrons. The van der Waals surface area contributed by atoms with Gasteiger partial charge in [0.2, 0.25) is 0 Å². The van der Waals surface area contributed by atoms with Crippen LogP contribution in [0.25, 0.3) is 16.9 Å². The van der Waals surface area contributed by atoms with Crippen LogP contribution < -0.4 is 5.73 Å². The fourth-order valence-corrected chi connectivity index (χ4v) is 2.62. The largest absolute Gasteiger partial charge is 0.508 e. The van der Waals surface area contributed by atoms with Crippen LogP contribution >= 0.6 is 0 Å². The average molecular weight is 344 g/mol. The predicted octanol–water partition coefficient (Wildman–Crippen LogP) is 4.41. The molecule has 4 aromatic rings. The summed E-state index contributed by atoms with van der Waals surface area (Å²) in [6.07, 6.45) is 1.70. The van der Waals surface area contributed by atoms with Crippen molar-refractivity contribution in [1.82, 2.24) is 14.6 Å². The molecule has 0 amide bonds. The van der Waals surface area contributed by atoms with Gasteiger partial charge in [-0.15, -0.1) is 10.2 Å². The van der Waals surface area contributed by atoms with Crippen LogP contribution in [0, 0.1) is 6.92 Å². The number of hydrogen-bond acceptors (Lipinski definition) is 6. The summed E-state index contributed by atoms with van der Waals surface area (Å²) in [6, 6.07) is 16.4. The van der Waals surface area contributed by atoms with E-state index in [-0.39, 0.29) is 11.6 Å². The fraction of sp³-hybridized carbons (Fsp3) is 0.0526. The summed E-state index contributed by atoms with van der Waals surface area (Å²) in [5.41, 5.74) is 10.6. The molecule has 7 nitrogen and oxygen atoms in total. The van der Waals surface area contributed by atoms with Gasteiger partial charge < -0.3 is 10.8 Å². The molecule has 2 aromatic heterocycles. The number of azo groups is 1. The number of aromatic hydroxyl groups is 1. The predicted molar refractivity (Wildman–Crippen MR) is 99.9 cm³/mol. The zero-order valence-electron chi connectivity index (χ0n) is 14.0. The number of aryl methyl sites for hydroxylation is 1. The first-order chi connectivity index (χ1) is 12.6. The quantitative estimate of drug-likeness (QED) is 0.537. The minimum absolute atomic E-state index is 0.170. The van der Waals surface area contributed by atoms with Crippen LogP contribution in [0.1, 0.15) is 5.56 Å². The van der Waals surface area contributed by atoms with Gasteiger partial charge in [-0.1, -0.05) is 29.8 Å². The Hall–Kier alpha value is -3.74. The van der Waals surface area contributed by atoms with Crippen LogP contribution in [0.4, 0.5) is 17.2 Å². The Morgan fingerprint density at radius 1 is 0.962 bits per heavy atom. The second-order valence-corrected chi connectivity index (χ2v) is 5.88. The lowest BCUT2D eigenvalue weighted by atomic mass is 10.1. The maximum Gasteiger partial charge on any atom is 0.185 e. The Morgan fingerprint density at radius 3 is 2.42 bits per heavy atom. The SMILES string of the molecule is Cc1ccc(-c2ccnc3c(N=Nc4ccc(O)cc4)c(N)nn23)cc1. The van der Waals surface area contributed by atoms with E-state index < -0.39 is 0 Å². The van der Waals surface area contributed by atoms with Crippen molar-refractivity contribution in [1.29, 1.82) is 0 Å². The third-order valence-electron chi connectivity index (χ3n) is 3.98. The van der Waals surface area contributed by atoms with Gasteiger partial charge in [0.05, 0.1) is 11.4 Å². The fourth-order valence-electron chi connectivity index (χ4n) is 2.62. The molecule has 2 heterocycles. The van der Waals surface area contributed by atoms with Gasteiger partial charge in [-0.05, 0) is 37.3 Å². The zero-order valence-corrected chi connectivity index (χ0v) is 14.0. The molecule has 0 saturated heterocycles.